The fourth-order valence-electron chi connectivity index (χ4n) is 1.99. The number of Topliss-reactive ketones (excluding diaryl/α,β-unsaturated/α-hetero) is 1. The average Bonchev–Trinajstić information content (AvgIpc) is 2.59. The third-order valence-corrected chi connectivity index (χ3v) is 2.96. The molecule has 0 spiro atoms. The van der Waals surface area contributed by atoms with Crippen LogP contribution < -0.4 is 0 Å². The van der Waals surface area contributed by atoms with Crippen LogP contribution in [-0.2, 0) is 9.59 Å². The minimum atomic E-state index is -0.289. The molecule has 1 saturated heterocycles. The Balaban J connectivity index is 1.76. The van der Waals surface area contributed by atoms with Gasteiger partial charge in [-0.15, -0.1) is 0 Å². The second-order valence-corrected chi connectivity index (χ2v) is 4.03. The first-order valence-electron chi connectivity index (χ1n) is 5.47. The maximum Gasteiger partial charge on any atom is 0.290 e. The maximum absolute atomic E-state index is 11.3. The third kappa shape index (κ3) is 2.45. The number of likely N-dealkylation sites (tertiary alicyclic amines) is 1. The first-order chi connectivity index (χ1) is 7.27. The highest BCUT2D eigenvalue weighted by Crippen LogP contribution is 2.07. The lowest BCUT2D eigenvalue weighted by Crippen LogP contribution is -2.38. The summed E-state index contributed by atoms with van der Waals surface area (Å²) < 4.78 is 0. The SMILES string of the molecule is O=C1CCN(CCN2CC=CCC2)C1=O. The van der Waals surface area contributed by atoms with Crippen LogP contribution in [0.4, 0.5) is 0 Å². The number of carbonyl (C=O) groups excluding carboxylic acids is 2. The van der Waals surface area contributed by atoms with Crippen LogP contribution >= 0.6 is 0 Å². The van der Waals surface area contributed by atoms with Crippen LogP contribution in [0, 0.1) is 0 Å². The molecule has 2 aliphatic heterocycles. The van der Waals surface area contributed by atoms with E-state index >= 15 is 0 Å². The number of nitrogens with zero attached hydrogens (tertiary/aromatic N) is 2. The summed E-state index contributed by atoms with van der Waals surface area (Å²) in [7, 11) is 0. The van der Waals surface area contributed by atoms with Gasteiger partial charge in [0.25, 0.3) is 5.91 Å². The van der Waals surface area contributed by atoms with Gasteiger partial charge in [-0.2, -0.15) is 0 Å². The van der Waals surface area contributed by atoms with Crippen molar-refractivity contribution in [2.45, 2.75) is 12.8 Å². The van der Waals surface area contributed by atoms with Crippen LogP contribution in [0.15, 0.2) is 12.2 Å². The molecule has 15 heavy (non-hydrogen) atoms. The lowest BCUT2D eigenvalue weighted by atomic mass is 10.2. The molecule has 0 aromatic carbocycles. The van der Waals surface area contributed by atoms with Gasteiger partial charge in [0.05, 0.1) is 0 Å². The number of ketones is 1. The van der Waals surface area contributed by atoms with E-state index in [-0.39, 0.29) is 11.7 Å². The zero-order valence-electron chi connectivity index (χ0n) is 8.82. The maximum atomic E-state index is 11.3. The van der Waals surface area contributed by atoms with Crippen LogP contribution in [-0.4, -0.2) is 54.2 Å². The molecule has 0 unspecified atom stereocenters. The highest BCUT2D eigenvalue weighted by molar-refractivity contribution is 6.37. The summed E-state index contributed by atoms with van der Waals surface area (Å²) in [4.78, 5) is 26.3. The lowest BCUT2D eigenvalue weighted by Gasteiger charge is -2.25. The second-order valence-electron chi connectivity index (χ2n) is 4.03. The van der Waals surface area contributed by atoms with Crippen molar-refractivity contribution >= 4 is 11.7 Å². The Labute approximate surface area is 89.5 Å². The second kappa shape index (κ2) is 4.57. The Bertz CT molecular complexity index is 299. The largest absolute Gasteiger partial charge is 0.334 e. The molecule has 0 aliphatic carbocycles. The quantitative estimate of drug-likeness (QED) is 0.486. The Morgan fingerprint density at radius 1 is 1.13 bits per heavy atom. The van der Waals surface area contributed by atoms with E-state index in [9.17, 15) is 9.59 Å². The van der Waals surface area contributed by atoms with E-state index in [4.69, 9.17) is 0 Å². The Kier molecular flexibility index (Phi) is 3.16. The minimum absolute atomic E-state index is 0.228. The summed E-state index contributed by atoms with van der Waals surface area (Å²) in [6.07, 6.45) is 5.83. The van der Waals surface area contributed by atoms with Gasteiger partial charge in [-0.05, 0) is 6.42 Å². The van der Waals surface area contributed by atoms with Gasteiger partial charge in [0, 0.05) is 39.1 Å². The molecule has 0 atom stereocenters. The van der Waals surface area contributed by atoms with E-state index in [0.717, 1.165) is 26.1 Å². The minimum Gasteiger partial charge on any atom is -0.334 e. The Morgan fingerprint density at radius 2 is 2.00 bits per heavy atom. The van der Waals surface area contributed by atoms with Crippen molar-refractivity contribution < 1.29 is 9.59 Å². The third-order valence-electron chi connectivity index (χ3n) is 2.96. The van der Waals surface area contributed by atoms with Gasteiger partial charge in [-0.3, -0.25) is 14.5 Å². The molecule has 2 heterocycles. The van der Waals surface area contributed by atoms with E-state index in [0.29, 0.717) is 19.5 Å². The van der Waals surface area contributed by atoms with Crippen molar-refractivity contribution in [3.63, 3.8) is 0 Å². The number of rotatable bonds is 3. The average molecular weight is 208 g/mol. The van der Waals surface area contributed by atoms with Gasteiger partial charge in [0.2, 0.25) is 5.78 Å². The zero-order chi connectivity index (χ0) is 10.7. The molecular weight excluding hydrogens is 192 g/mol. The van der Waals surface area contributed by atoms with E-state index in [1.165, 1.54) is 0 Å². The molecule has 0 aromatic rings. The van der Waals surface area contributed by atoms with Crippen LogP contribution in [0.3, 0.4) is 0 Å². The highest BCUT2D eigenvalue weighted by atomic mass is 16.2. The molecule has 82 valence electrons. The van der Waals surface area contributed by atoms with Crippen LogP contribution in [0.5, 0.6) is 0 Å². The summed E-state index contributed by atoms with van der Waals surface area (Å²) in [6.45, 7) is 4.21. The summed E-state index contributed by atoms with van der Waals surface area (Å²) in [5.41, 5.74) is 0. The number of carbonyl (C=O) groups is 2. The van der Waals surface area contributed by atoms with Crippen molar-refractivity contribution in [3.05, 3.63) is 12.2 Å². The first kappa shape index (κ1) is 10.4. The monoisotopic (exact) mass is 208 g/mol. The standard InChI is InChI=1S/C11H16N2O2/c14-10-4-7-13(11(10)15)9-8-12-5-2-1-3-6-12/h1-2H,3-9H2. The van der Waals surface area contributed by atoms with Gasteiger partial charge in [-0.1, -0.05) is 12.2 Å². The molecule has 4 nitrogen and oxygen atoms in total. The zero-order valence-corrected chi connectivity index (χ0v) is 8.82. The van der Waals surface area contributed by atoms with Gasteiger partial charge >= 0.3 is 0 Å². The fourth-order valence-corrected chi connectivity index (χ4v) is 1.99. The summed E-state index contributed by atoms with van der Waals surface area (Å²) in [5.74, 6) is -0.518. The fraction of sp³-hybridized carbons (Fsp3) is 0.636. The molecule has 0 radical (unpaired) electrons. The van der Waals surface area contributed by atoms with Gasteiger partial charge in [-0.25, -0.2) is 0 Å². The summed E-state index contributed by atoms with van der Waals surface area (Å²) >= 11 is 0. The van der Waals surface area contributed by atoms with Crippen LogP contribution in [0.2, 0.25) is 0 Å². The van der Waals surface area contributed by atoms with Crippen molar-refractivity contribution in [1.29, 1.82) is 0 Å². The predicted molar refractivity (Wildman–Crippen MR) is 56.4 cm³/mol. The molecule has 0 aromatic heterocycles. The molecule has 4 heteroatoms. The molecule has 0 saturated carbocycles. The Morgan fingerprint density at radius 3 is 2.60 bits per heavy atom. The van der Waals surface area contributed by atoms with Crippen molar-refractivity contribution in [1.82, 2.24) is 9.80 Å². The molecule has 2 aliphatic rings. The summed E-state index contributed by atoms with van der Waals surface area (Å²) in [6, 6.07) is 0. The van der Waals surface area contributed by atoms with Crippen molar-refractivity contribution in [2.75, 3.05) is 32.7 Å². The molecule has 1 fully saturated rings. The first-order valence-corrected chi connectivity index (χ1v) is 5.47. The Hall–Kier alpha value is -1.16. The van der Waals surface area contributed by atoms with Crippen molar-refractivity contribution in [2.24, 2.45) is 0 Å². The van der Waals surface area contributed by atoms with Crippen molar-refractivity contribution in [3.8, 4) is 0 Å². The molecule has 0 N–H and O–H groups in total. The normalized spacial score (nSPS) is 22.8. The van der Waals surface area contributed by atoms with Gasteiger partial charge < -0.3 is 4.90 Å². The predicted octanol–water partition coefficient (Wildman–Crippen LogP) is 0.0497. The highest BCUT2D eigenvalue weighted by Gasteiger charge is 2.28. The van der Waals surface area contributed by atoms with Crippen LogP contribution in [0.25, 0.3) is 0 Å². The molecule has 0 bridgehead atoms. The van der Waals surface area contributed by atoms with Crippen LogP contribution in [0.1, 0.15) is 12.8 Å². The van der Waals surface area contributed by atoms with E-state index in [1.807, 2.05) is 0 Å². The smallest absolute Gasteiger partial charge is 0.290 e. The topological polar surface area (TPSA) is 40.6 Å². The lowest BCUT2D eigenvalue weighted by molar-refractivity contribution is -0.140. The van der Waals surface area contributed by atoms with E-state index < -0.39 is 0 Å². The number of amides is 1. The summed E-state index contributed by atoms with van der Waals surface area (Å²) in [5, 5.41) is 0. The molecule has 2 rings (SSSR count). The van der Waals surface area contributed by atoms with E-state index in [1.54, 1.807) is 4.90 Å². The van der Waals surface area contributed by atoms with E-state index in [2.05, 4.69) is 17.1 Å². The van der Waals surface area contributed by atoms with Gasteiger partial charge in [0.1, 0.15) is 0 Å². The van der Waals surface area contributed by atoms with Gasteiger partial charge in [0.15, 0.2) is 0 Å². The number of hydrogen-bond acceptors (Lipinski definition) is 3. The molecule has 1 amide bonds. The number of hydrogen-bond donors (Lipinski definition) is 0. The molecular formula is C11H16N2O2.